The first-order chi connectivity index (χ1) is 11.9. The zero-order valence-corrected chi connectivity index (χ0v) is 17.9. The number of benzene rings is 1. The summed E-state index contributed by atoms with van der Waals surface area (Å²) in [6.45, 7) is 13.8. The Labute approximate surface area is 159 Å². The van der Waals surface area contributed by atoms with Gasteiger partial charge in [0.2, 0.25) is 15.9 Å². The molecule has 1 aromatic rings. The summed E-state index contributed by atoms with van der Waals surface area (Å²) in [6.07, 6.45) is 1.89. The second-order valence-corrected chi connectivity index (χ2v) is 9.85. The lowest BCUT2D eigenvalue weighted by Crippen LogP contribution is -2.40. The Hall–Kier alpha value is -1.40. The Morgan fingerprint density at radius 3 is 1.85 bits per heavy atom. The van der Waals surface area contributed by atoms with Gasteiger partial charge in [0.05, 0.1) is 4.90 Å². The maximum absolute atomic E-state index is 12.7. The summed E-state index contributed by atoms with van der Waals surface area (Å²) in [6, 6.07) is 6.31. The molecule has 0 aromatic heterocycles. The molecule has 2 atom stereocenters. The van der Waals surface area contributed by atoms with E-state index in [-0.39, 0.29) is 16.7 Å². The molecule has 2 unspecified atom stereocenters. The predicted molar refractivity (Wildman–Crippen MR) is 108 cm³/mol. The van der Waals surface area contributed by atoms with Crippen LogP contribution < -0.4 is 10.0 Å². The van der Waals surface area contributed by atoms with Gasteiger partial charge < -0.3 is 5.32 Å². The average molecular weight is 383 g/mol. The summed E-state index contributed by atoms with van der Waals surface area (Å²) in [5.74, 6) is 0.522. The van der Waals surface area contributed by atoms with E-state index >= 15 is 0 Å². The van der Waals surface area contributed by atoms with Gasteiger partial charge in [-0.3, -0.25) is 4.79 Å². The fraction of sp³-hybridized carbons (Fsp3) is 0.650. The van der Waals surface area contributed by atoms with E-state index in [4.69, 9.17) is 0 Å². The van der Waals surface area contributed by atoms with Crippen molar-refractivity contribution < 1.29 is 13.2 Å². The Balaban J connectivity index is 2.94. The molecule has 0 heterocycles. The number of carbonyl (C=O) groups excluding carboxylic acids is 1. The summed E-state index contributed by atoms with van der Waals surface area (Å²) in [7, 11) is -3.58. The minimum atomic E-state index is -3.58. The van der Waals surface area contributed by atoms with Gasteiger partial charge in [-0.2, -0.15) is 0 Å². The molecule has 26 heavy (non-hydrogen) atoms. The smallest absolute Gasteiger partial charge is 0.241 e. The molecular weight excluding hydrogens is 348 g/mol. The summed E-state index contributed by atoms with van der Waals surface area (Å²) < 4.78 is 27.3. The standard InChI is InChI=1S/C20H34N2O3S/c1-8-14(3)18(15(4)9-2)19(23)21-16-10-12-17(13-11-16)26(24,25)22-20(5,6)7/h10-15,18,22H,8-9H2,1-7H3,(H,21,23). The monoisotopic (exact) mass is 382 g/mol. The lowest BCUT2D eigenvalue weighted by Gasteiger charge is -2.27. The number of amides is 1. The second kappa shape index (κ2) is 9.00. The molecule has 0 aliphatic carbocycles. The highest BCUT2D eigenvalue weighted by Gasteiger charge is 2.29. The molecule has 148 valence electrons. The van der Waals surface area contributed by atoms with Crippen LogP contribution in [-0.2, 0) is 14.8 Å². The summed E-state index contributed by atoms with van der Waals surface area (Å²) in [4.78, 5) is 12.9. The zero-order chi connectivity index (χ0) is 20.1. The molecule has 2 N–H and O–H groups in total. The number of rotatable bonds is 8. The van der Waals surface area contributed by atoms with E-state index in [1.807, 2.05) is 0 Å². The molecule has 0 aliphatic heterocycles. The van der Waals surface area contributed by atoms with Gasteiger partial charge in [-0.1, -0.05) is 40.5 Å². The van der Waals surface area contributed by atoms with Crippen LogP contribution in [0.25, 0.3) is 0 Å². The van der Waals surface area contributed by atoms with E-state index in [1.54, 1.807) is 32.9 Å². The van der Waals surface area contributed by atoms with E-state index in [2.05, 4.69) is 37.7 Å². The van der Waals surface area contributed by atoms with Gasteiger partial charge in [0, 0.05) is 17.1 Å². The van der Waals surface area contributed by atoms with Crippen molar-refractivity contribution in [1.29, 1.82) is 0 Å². The molecule has 0 bridgehead atoms. The number of anilines is 1. The highest BCUT2D eigenvalue weighted by molar-refractivity contribution is 7.89. The minimum absolute atomic E-state index is 0.00266. The van der Waals surface area contributed by atoms with Crippen molar-refractivity contribution in [3.63, 3.8) is 0 Å². The van der Waals surface area contributed by atoms with Crippen molar-refractivity contribution in [2.75, 3.05) is 5.32 Å². The van der Waals surface area contributed by atoms with Gasteiger partial charge in [-0.25, -0.2) is 13.1 Å². The zero-order valence-electron chi connectivity index (χ0n) is 17.1. The molecule has 1 rings (SSSR count). The van der Waals surface area contributed by atoms with Gasteiger partial charge in [-0.15, -0.1) is 0 Å². The van der Waals surface area contributed by atoms with Crippen molar-refractivity contribution in [2.45, 2.75) is 71.7 Å². The Morgan fingerprint density at radius 2 is 1.46 bits per heavy atom. The van der Waals surface area contributed by atoms with Gasteiger partial charge in [0.25, 0.3) is 0 Å². The van der Waals surface area contributed by atoms with Crippen LogP contribution in [0.1, 0.15) is 61.3 Å². The molecule has 0 saturated carbocycles. The number of hydrogen-bond donors (Lipinski definition) is 2. The summed E-state index contributed by atoms with van der Waals surface area (Å²) >= 11 is 0. The molecule has 1 amide bonds. The van der Waals surface area contributed by atoms with Gasteiger partial charge >= 0.3 is 0 Å². The minimum Gasteiger partial charge on any atom is -0.326 e. The van der Waals surface area contributed by atoms with Gasteiger partial charge in [0.15, 0.2) is 0 Å². The molecule has 5 nitrogen and oxygen atoms in total. The van der Waals surface area contributed by atoms with E-state index in [9.17, 15) is 13.2 Å². The van der Waals surface area contributed by atoms with Crippen molar-refractivity contribution in [1.82, 2.24) is 4.72 Å². The molecule has 0 radical (unpaired) electrons. The number of nitrogens with one attached hydrogen (secondary N) is 2. The third-order valence-electron chi connectivity index (χ3n) is 4.69. The second-order valence-electron chi connectivity index (χ2n) is 8.17. The molecule has 0 fully saturated rings. The SMILES string of the molecule is CCC(C)C(C(=O)Nc1ccc(S(=O)(=O)NC(C)(C)C)cc1)C(C)CC. The van der Waals surface area contributed by atoms with E-state index in [0.717, 1.165) is 12.8 Å². The van der Waals surface area contributed by atoms with Crippen molar-refractivity contribution in [3.05, 3.63) is 24.3 Å². The van der Waals surface area contributed by atoms with E-state index < -0.39 is 15.6 Å². The first kappa shape index (κ1) is 22.6. The van der Waals surface area contributed by atoms with Crippen molar-refractivity contribution >= 4 is 21.6 Å². The Kier molecular flexibility index (Phi) is 7.84. The number of carbonyl (C=O) groups is 1. The molecule has 0 saturated heterocycles. The van der Waals surface area contributed by atoms with Crippen LogP contribution in [-0.4, -0.2) is 19.9 Å². The van der Waals surface area contributed by atoms with Crippen LogP contribution in [0.3, 0.4) is 0 Å². The first-order valence-corrected chi connectivity index (χ1v) is 10.8. The van der Waals surface area contributed by atoms with Crippen LogP contribution in [0.2, 0.25) is 0 Å². The largest absolute Gasteiger partial charge is 0.326 e. The fourth-order valence-corrected chi connectivity index (χ4v) is 4.41. The van der Waals surface area contributed by atoms with Crippen LogP contribution in [0.15, 0.2) is 29.2 Å². The summed E-state index contributed by atoms with van der Waals surface area (Å²) in [5, 5.41) is 2.95. The lowest BCUT2D eigenvalue weighted by atomic mass is 9.80. The van der Waals surface area contributed by atoms with Gasteiger partial charge in [0.1, 0.15) is 0 Å². The van der Waals surface area contributed by atoms with E-state index in [0.29, 0.717) is 17.5 Å². The average Bonchev–Trinajstić information content (AvgIpc) is 2.52. The lowest BCUT2D eigenvalue weighted by molar-refractivity contribution is -0.123. The predicted octanol–water partition coefficient (Wildman–Crippen LogP) is 4.41. The number of hydrogen-bond acceptors (Lipinski definition) is 3. The van der Waals surface area contributed by atoms with Crippen LogP contribution in [0.5, 0.6) is 0 Å². The highest BCUT2D eigenvalue weighted by Crippen LogP contribution is 2.27. The normalized spacial score (nSPS) is 16.0. The Morgan fingerprint density at radius 1 is 1.00 bits per heavy atom. The van der Waals surface area contributed by atoms with Crippen LogP contribution in [0, 0.1) is 17.8 Å². The molecular formula is C20H34N2O3S. The third-order valence-corrected chi connectivity index (χ3v) is 6.46. The topological polar surface area (TPSA) is 75.3 Å². The maximum atomic E-state index is 12.7. The molecule has 0 aliphatic rings. The fourth-order valence-electron chi connectivity index (χ4n) is 2.99. The highest BCUT2D eigenvalue weighted by atomic mass is 32.2. The quantitative estimate of drug-likeness (QED) is 0.699. The van der Waals surface area contributed by atoms with E-state index in [1.165, 1.54) is 12.1 Å². The Bertz CT molecular complexity index is 681. The van der Waals surface area contributed by atoms with Crippen LogP contribution in [0.4, 0.5) is 5.69 Å². The van der Waals surface area contributed by atoms with Crippen molar-refractivity contribution in [2.24, 2.45) is 17.8 Å². The van der Waals surface area contributed by atoms with Crippen LogP contribution >= 0.6 is 0 Å². The summed E-state index contributed by atoms with van der Waals surface area (Å²) in [5.41, 5.74) is 0.0623. The van der Waals surface area contributed by atoms with Crippen molar-refractivity contribution in [3.8, 4) is 0 Å². The molecule has 1 aromatic carbocycles. The number of sulfonamides is 1. The maximum Gasteiger partial charge on any atom is 0.241 e. The first-order valence-electron chi connectivity index (χ1n) is 9.36. The van der Waals surface area contributed by atoms with Gasteiger partial charge in [-0.05, 0) is 56.9 Å². The molecule has 0 spiro atoms. The molecule has 6 heteroatoms. The third kappa shape index (κ3) is 6.40.